The zero-order valence-electron chi connectivity index (χ0n) is 14.3. The van der Waals surface area contributed by atoms with Crippen molar-refractivity contribution in [2.24, 2.45) is 0 Å². The van der Waals surface area contributed by atoms with Gasteiger partial charge in [-0.15, -0.1) is 11.8 Å². The highest BCUT2D eigenvalue weighted by Gasteiger charge is 2.21. The van der Waals surface area contributed by atoms with Gasteiger partial charge in [0.1, 0.15) is 11.6 Å². The van der Waals surface area contributed by atoms with E-state index in [1.165, 1.54) is 49.9 Å². The Morgan fingerprint density at radius 3 is 2.42 bits per heavy atom. The number of ether oxygens (including phenoxy) is 1. The normalized spacial score (nSPS) is 11.5. The summed E-state index contributed by atoms with van der Waals surface area (Å²) in [7, 11) is 0. The number of nitrogens with one attached hydrogen (secondary N) is 1. The molecule has 0 aromatic heterocycles. The van der Waals surface area contributed by atoms with E-state index >= 15 is 0 Å². The van der Waals surface area contributed by atoms with E-state index < -0.39 is 23.8 Å². The SMILES string of the molecule is CC(=O)CSc1ccccc1C(=O)O[C@H](C)C(=O)Nc1ccc(F)cc1. The van der Waals surface area contributed by atoms with E-state index in [4.69, 9.17) is 4.74 Å². The monoisotopic (exact) mass is 375 g/mol. The number of hydrogen-bond donors (Lipinski definition) is 1. The van der Waals surface area contributed by atoms with Gasteiger partial charge in [-0.1, -0.05) is 12.1 Å². The summed E-state index contributed by atoms with van der Waals surface area (Å²) in [5.74, 6) is -1.37. The first kappa shape index (κ1) is 19.7. The van der Waals surface area contributed by atoms with Crippen molar-refractivity contribution in [1.82, 2.24) is 0 Å². The molecule has 1 N–H and O–H groups in total. The van der Waals surface area contributed by atoms with Gasteiger partial charge in [0.2, 0.25) is 0 Å². The number of hydrogen-bond acceptors (Lipinski definition) is 5. The lowest BCUT2D eigenvalue weighted by Crippen LogP contribution is -2.30. The van der Waals surface area contributed by atoms with Crippen LogP contribution in [0.2, 0.25) is 0 Å². The lowest BCUT2D eigenvalue weighted by Gasteiger charge is -2.15. The molecule has 0 bridgehead atoms. The number of benzene rings is 2. The summed E-state index contributed by atoms with van der Waals surface area (Å²) in [5, 5.41) is 2.55. The third kappa shape index (κ3) is 5.70. The Morgan fingerprint density at radius 1 is 1.12 bits per heavy atom. The number of rotatable bonds is 7. The third-order valence-electron chi connectivity index (χ3n) is 3.30. The van der Waals surface area contributed by atoms with Crippen molar-refractivity contribution in [2.45, 2.75) is 24.8 Å². The predicted molar refractivity (Wildman–Crippen MR) is 97.8 cm³/mol. The van der Waals surface area contributed by atoms with Gasteiger partial charge in [-0.2, -0.15) is 0 Å². The van der Waals surface area contributed by atoms with Crippen LogP contribution in [0.5, 0.6) is 0 Å². The number of carbonyl (C=O) groups is 3. The Hall–Kier alpha value is -2.67. The molecule has 7 heteroatoms. The van der Waals surface area contributed by atoms with Crippen molar-refractivity contribution in [2.75, 3.05) is 11.1 Å². The van der Waals surface area contributed by atoms with Crippen LogP contribution in [-0.2, 0) is 14.3 Å². The average Bonchev–Trinajstić information content (AvgIpc) is 2.62. The number of esters is 1. The van der Waals surface area contributed by atoms with Crippen LogP contribution in [0.1, 0.15) is 24.2 Å². The number of carbonyl (C=O) groups excluding carboxylic acids is 3. The first-order chi connectivity index (χ1) is 12.4. The summed E-state index contributed by atoms with van der Waals surface area (Å²) >= 11 is 1.24. The molecular formula is C19H18FNO4S. The molecule has 0 radical (unpaired) electrons. The molecule has 2 rings (SSSR count). The van der Waals surface area contributed by atoms with E-state index in [9.17, 15) is 18.8 Å². The van der Waals surface area contributed by atoms with Crippen LogP contribution >= 0.6 is 11.8 Å². The molecule has 0 aliphatic rings. The lowest BCUT2D eigenvalue weighted by atomic mass is 10.2. The Bertz CT molecular complexity index is 807. The fraction of sp³-hybridized carbons (Fsp3) is 0.211. The molecule has 0 aliphatic carbocycles. The van der Waals surface area contributed by atoms with Crippen LogP contribution in [0, 0.1) is 5.82 Å². The molecule has 0 aliphatic heterocycles. The molecule has 5 nitrogen and oxygen atoms in total. The van der Waals surface area contributed by atoms with Crippen molar-refractivity contribution in [3.05, 3.63) is 59.9 Å². The smallest absolute Gasteiger partial charge is 0.340 e. The van der Waals surface area contributed by atoms with Gasteiger partial charge in [0.25, 0.3) is 5.91 Å². The van der Waals surface area contributed by atoms with Gasteiger partial charge in [-0.3, -0.25) is 9.59 Å². The van der Waals surface area contributed by atoms with Crippen LogP contribution < -0.4 is 5.32 Å². The van der Waals surface area contributed by atoms with Crippen LogP contribution in [-0.4, -0.2) is 29.5 Å². The molecule has 0 spiro atoms. The molecule has 0 fully saturated rings. The van der Waals surface area contributed by atoms with E-state index in [1.54, 1.807) is 24.3 Å². The zero-order valence-corrected chi connectivity index (χ0v) is 15.1. The lowest BCUT2D eigenvalue weighted by molar-refractivity contribution is -0.123. The molecule has 1 amide bonds. The van der Waals surface area contributed by atoms with E-state index in [0.29, 0.717) is 16.1 Å². The summed E-state index contributed by atoms with van der Waals surface area (Å²) in [6.07, 6.45) is -1.04. The number of halogens is 1. The highest BCUT2D eigenvalue weighted by atomic mass is 32.2. The van der Waals surface area contributed by atoms with Gasteiger partial charge in [0.15, 0.2) is 6.10 Å². The second-order valence-electron chi connectivity index (χ2n) is 5.53. The quantitative estimate of drug-likeness (QED) is 0.590. The molecule has 2 aromatic rings. The molecule has 136 valence electrons. The maximum absolute atomic E-state index is 12.9. The number of anilines is 1. The summed E-state index contributed by atoms with van der Waals surface area (Å²) in [4.78, 5) is 36.3. The second kappa shape index (κ2) is 9.15. The van der Waals surface area contributed by atoms with Crippen LogP contribution in [0.3, 0.4) is 0 Å². The Labute approximate surface area is 154 Å². The number of amides is 1. The number of Topliss-reactive ketones (excluding diaryl/α,β-unsaturated/α-hetero) is 1. The van der Waals surface area contributed by atoms with Crippen molar-refractivity contribution in [1.29, 1.82) is 0 Å². The highest BCUT2D eigenvalue weighted by molar-refractivity contribution is 8.00. The Kier molecular flexibility index (Phi) is 6.91. The topological polar surface area (TPSA) is 72.5 Å². The van der Waals surface area contributed by atoms with Gasteiger partial charge >= 0.3 is 5.97 Å². The van der Waals surface area contributed by atoms with Gasteiger partial charge < -0.3 is 10.1 Å². The minimum absolute atomic E-state index is 0.00906. The maximum Gasteiger partial charge on any atom is 0.340 e. The molecule has 0 heterocycles. The largest absolute Gasteiger partial charge is 0.449 e. The summed E-state index contributed by atoms with van der Waals surface area (Å²) < 4.78 is 18.1. The van der Waals surface area contributed by atoms with Gasteiger partial charge in [-0.05, 0) is 50.2 Å². The number of thioether (sulfide) groups is 1. The Balaban J connectivity index is 2.01. The van der Waals surface area contributed by atoms with Crippen LogP contribution in [0.25, 0.3) is 0 Å². The first-order valence-electron chi connectivity index (χ1n) is 7.85. The van der Waals surface area contributed by atoms with E-state index in [-0.39, 0.29) is 11.5 Å². The standard InChI is InChI=1S/C19H18FNO4S/c1-12(22)11-26-17-6-4-3-5-16(17)19(24)25-13(2)18(23)21-15-9-7-14(20)8-10-15/h3-10,13H,11H2,1-2H3,(H,21,23)/t13-/m1/s1. The van der Waals surface area contributed by atoms with Gasteiger partial charge in [-0.25, -0.2) is 9.18 Å². The van der Waals surface area contributed by atoms with Crippen molar-refractivity contribution >= 4 is 35.1 Å². The fourth-order valence-electron chi connectivity index (χ4n) is 2.00. The first-order valence-corrected chi connectivity index (χ1v) is 8.84. The highest BCUT2D eigenvalue weighted by Crippen LogP contribution is 2.23. The van der Waals surface area contributed by atoms with E-state index in [2.05, 4.69) is 5.32 Å². The fourth-order valence-corrected chi connectivity index (χ4v) is 2.84. The van der Waals surface area contributed by atoms with Gasteiger partial charge in [0.05, 0.1) is 11.3 Å². The summed E-state index contributed by atoms with van der Waals surface area (Å²) in [6, 6.07) is 12.0. The average molecular weight is 375 g/mol. The van der Waals surface area contributed by atoms with Crippen molar-refractivity contribution < 1.29 is 23.5 Å². The zero-order chi connectivity index (χ0) is 19.1. The van der Waals surface area contributed by atoms with Gasteiger partial charge in [0, 0.05) is 10.6 Å². The maximum atomic E-state index is 12.9. The molecule has 0 saturated heterocycles. The second-order valence-corrected chi connectivity index (χ2v) is 6.55. The van der Waals surface area contributed by atoms with E-state index in [1.807, 2.05) is 0 Å². The molecule has 1 atom stereocenters. The van der Waals surface area contributed by atoms with Crippen LogP contribution in [0.4, 0.5) is 10.1 Å². The van der Waals surface area contributed by atoms with Crippen molar-refractivity contribution in [3.8, 4) is 0 Å². The summed E-state index contributed by atoms with van der Waals surface area (Å²) in [5.41, 5.74) is 0.692. The third-order valence-corrected chi connectivity index (χ3v) is 4.52. The Morgan fingerprint density at radius 2 is 1.77 bits per heavy atom. The molecule has 0 unspecified atom stereocenters. The predicted octanol–water partition coefficient (Wildman–Crippen LogP) is 3.69. The van der Waals surface area contributed by atoms with Crippen LogP contribution in [0.15, 0.2) is 53.4 Å². The molecule has 26 heavy (non-hydrogen) atoms. The van der Waals surface area contributed by atoms with Crippen molar-refractivity contribution in [3.63, 3.8) is 0 Å². The minimum Gasteiger partial charge on any atom is -0.449 e. The molecular weight excluding hydrogens is 357 g/mol. The number of ketones is 1. The van der Waals surface area contributed by atoms with E-state index in [0.717, 1.165) is 0 Å². The molecule has 0 saturated carbocycles. The minimum atomic E-state index is -1.04. The summed E-state index contributed by atoms with van der Waals surface area (Å²) in [6.45, 7) is 2.91. The molecule has 2 aromatic carbocycles.